The molecular formula is C14H17F4O3P. The van der Waals surface area contributed by atoms with Gasteiger partial charge in [0, 0.05) is 0 Å². The van der Waals surface area contributed by atoms with Crippen LogP contribution < -0.4 is 4.52 Å². The molecule has 0 aromatic heterocycles. The van der Waals surface area contributed by atoms with Crippen LogP contribution in [-0.4, -0.2) is 18.4 Å². The Bertz CT molecular complexity index is 541. The molecule has 124 valence electrons. The molecule has 3 nitrogen and oxygen atoms in total. The van der Waals surface area contributed by atoms with Crippen molar-refractivity contribution in [3.05, 3.63) is 30.1 Å². The zero-order valence-electron chi connectivity index (χ0n) is 11.8. The van der Waals surface area contributed by atoms with Gasteiger partial charge >= 0.3 is 13.8 Å². The lowest BCUT2D eigenvalue weighted by atomic mass is 9.98. The van der Waals surface area contributed by atoms with Gasteiger partial charge in [0.05, 0.1) is 6.10 Å². The molecule has 1 aliphatic rings. The van der Waals surface area contributed by atoms with Gasteiger partial charge in [-0.2, -0.15) is 13.2 Å². The van der Waals surface area contributed by atoms with Crippen molar-refractivity contribution in [3.63, 3.8) is 0 Å². The minimum Gasteiger partial charge on any atom is -0.421 e. The van der Waals surface area contributed by atoms with E-state index in [1.54, 1.807) is 0 Å². The number of rotatable bonds is 5. The largest absolute Gasteiger partial charge is 0.421 e. The Balaban J connectivity index is 2.17. The quantitative estimate of drug-likeness (QED) is 0.538. The summed E-state index contributed by atoms with van der Waals surface area (Å²) in [5.74, 6) is -1.37. The molecule has 1 aromatic carbocycles. The SMILES string of the molecule is O=P(CC(F)(F)F)(Oc1ccccc1F)OC1CCCCC1. The smallest absolute Gasteiger partial charge is 0.401 e. The fourth-order valence-corrected chi connectivity index (χ4v) is 4.11. The van der Waals surface area contributed by atoms with Gasteiger partial charge in [-0.25, -0.2) is 8.96 Å². The first-order chi connectivity index (χ1) is 10.3. The second-order valence-corrected chi connectivity index (χ2v) is 7.20. The molecule has 0 heterocycles. The first-order valence-corrected chi connectivity index (χ1v) is 8.79. The summed E-state index contributed by atoms with van der Waals surface area (Å²) in [6.07, 6.45) is -3.37. The third-order valence-corrected chi connectivity index (χ3v) is 5.15. The molecule has 1 unspecified atom stereocenters. The van der Waals surface area contributed by atoms with Gasteiger partial charge in [-0.15, -0.1) is 0 Å². The van der Waals surface area contributed by atoms with E-state index in [4.69, 9.17) is 9.05 Å². The van der Waals surface area contributed by atoms with Crippen molar-refractivity contribution in [1.29, 1.82) is 0 Å². The van der Waals surface area contributed by atoms with Gasteiger partial charge in [0.1, 0.15) is 0 Å². The minimum atomic E-state index is -4.73. The second-order valence-electron chi connectivity index (χ2n) is 5.27. The van der Waals surface area contributed by atoms with E-state index in [2.05, 4.69) is 0 Å². The lowest BCUT2D eigenvalue weighted by Gasteiger charge is -2.28. The van der Waals surface area contributed by atoms with Crippen LogP contribution in [0.5, 0.6) is 5.75 Å². The van der Waals surface area contributed by atoms with E-state index in [1.165, 1.54) is 12.1 Å². The number of hydrogen-bond donors (Lipinski definition) is 0. The summed E-state index contributed by atoms with van der Waals surface area (Å²) in [6, 6.07) is 4.90. The average molecular weight is 340 g/mol. The maximum Gasteiger partial charge on any atom is 0.401 e. The van der Waals surface area contributed by atoms with Gasteiger partial charge in [-0.3, -0.25) is 4.52 Å². The Morgan fingerprint density at radius 2 is 1.77 bits per heavy atom. The fourth-order valence-electron chi connectivity index (χ4n) is 2.38. The van der Waals surface area contributed by atoms with Crippen molar-refractivity contribution in [1.82, 2.24) is 0 Å². The number of hydrogen-bond acceptors (Lipinski definition) is 3. The van der Waals surface area contributed by atoms with E-state index < -0.39 is 37.6 Å². The molecule has 1 atom stereocenters. The molecule has 1 fully saturated rings. The summed E-state index contributed by atoms with van der Waals surface area (Å²) in [5.41, 5.74) is 0. The highest BCUT2D eigenvalue weighted by Gasteiger charge is 2.44. The Labute approximate surface area is 126 Å². The molecule has 1 saturated carbocycles. The van der Waals surface area contributed by atoms with Crippen molar-refractivity contribution < 1.29 is 31.2 Å². The third-order valence-electron chi connectivity index (χ3n) is 3.31. The Hall–Kier alpha value is -1.07. The Morgan fingerprint density at radius 3 is 2.36 bits per heavy atom. The van der Waals surface area contributed by atoms with Crippen molar-refractivity contribution in [2.24, 2.45) is 0 Å². The van der Waals surface area contributed by atoms with E-state index in [9.17, 15) is 22.1 Å². The maximum atomic E-state index is 13.5. The predicted molar refractivity (Wildman–Crippen MR) is 73.5 cm³/mol. The summed E-state index contributed by atoms with van der Waals surface area (Å²) in [6.45, 7) is 0. The van der Waals surface area contributed by atoms with Gasteiger partial charge in [0.25, 0.3) is 0 Å². The molecule has 1 aliphatic carbocycles. The average Bonchev–Trinajstić information content (AvgIpc) is 2.40. The predicted octanol–water partition coefficient (Wildman–Crippen LogP) is 5.31. The second kappa shape index (κ2) is 7.01. The Morgan fingerprint density at radius 1 is 1.14 bits per heavy atom. The number of halogens is 4. The molecule has 0 bridgehead atoms. The monoisotopic (exact) mass is 340 g/mol. The van der Waals surface area contributed by atoms with Gasteiger partial charge in [0.2, 0.25) is 0 Å². The molecule has 0 amide bonds. The molecule has 0 N–H and O–H groups in total. The van der Waals surface area contributed by atoms with Crippen LogP contribution in [0.1, 0.15) is 32.1 Å². The molecule has 8 heteroatoms. The van der Waals surface area contributed by atoms with E-state index in [0.29, 0.717) is 12.8 Å². The number of benzene rings is 1. The van der Waals surface area contributed by atoms with Gasteiger partial charge < -0.3 is 4.52 Å². The van der Waals surface area contributed by atoms with E-state index in [-0.39, 0.29) is 0 Å². The van der Waals surface area contributed by atoms with Crippen LogP contribution in [0.4, 0.5) is 17.6 Å². The molecule has 1 aromatic rings. The van der Waals surface area contributed by atoms with E-state index >= 15 is 0 Å². The molecule has 0 aliphatic heterocycles. The van der Waals surface area contributed by atoms with Crippen LogP contribution in [0.25, 0.3) is 0 Å². The third kappa shape index (κ3) is 5.29. The molecule has 0 spiro atoms. The topological polar surface area (TPSA) is 35.5 Å². The van der Waals surface area contributed by atoms with Crippen LogP contribution in [0.3, 0.4) is 0 Å². The number of para-hydroxylation sites is 1. The maximum absolute atomic E-state index is 13.5. The van der Waals surface area contributed by atoms with Crippen LogP contribution >= 0.6 is 7.60 Å². The summed E-state index contributed by atoms with van der Waals surface area (Å²) in [5, 5.41) is 0. The van der Waals surface area contributed by atoms with Crippen LogP contribution in [0.2, 0.25) is 0 Å². The van der Waals surface area contributed by atoms with Crippen LogP contribution in [0, 0.1) is 5.82 Å². The van der Waals surface area contributed by atoms with Gasteiger partial charge in [0.15, 0.2) is 17.7 Å². The zero-order chi connectivity index (χ0) is 16.2. The minimum absolute atomic E-state index is 0.495. The first-order valence-electron chi connectivity index (χ1n) is 7.06. The highest BCUT2D eigenvalue weighted by Crippen LogP contribution is 2.54. The van der Waals surface area contributed by atoms with Crippen molar-refractivity contribution in [2.45, 2.75) is 44.4 Å². The Kier molecular flexibility index (Phi) is 5.50. The molecule has 22 heavy (non-hydrogen) atoms. The molecule has 0 radical (unpaired) electrons. The van der Waals surface area contributed by atoms with Crippen molar-refractivity contribution in [2.75, 3.05) is 6.16 Å². The summed E-state index contributed by atoms with van der Waals surface area (Å²) in [4.78, 5) is 0. The normalized spacial score (nSPS) is 19.6. The first kappa shape index (κ1) is 17.3. The lowest BCUT2D eigenvalue weighted by Crippen LogP contribution is -2.23. The zero-order valence-corrected chi connectivity index (χ0v) is 12.7. The summed E-state index contributed by atoms with van der Waals surface area (Å²) in [7, 11) is -4.52. The molecule has 2 rings (SSSR count). The lowest BCUT2D eigenvalue weighted by molar-refractivity contribution is -0.110. The van der Waals surface area contributed by atoms with Gasteiger partial charge in [-0.05, 0) is 25.0 Å². The highest BCUT2D eigenvalue weighted by atomic mass is 31.2. The fraction of sp³-hybridized carbons (Fsp3) is 0.571. The van der Waals surface area contributed by atoms with Gasteiger partial charge in [-0.1, -0.05) is 31.4 Å². The standard InChI is InChI=1S/C14H17F4O3P/c15-12-8-4-5-9-13(12)21-22(19,10-14(16,17)18)20-11-6-2-1-3-7-11/h4-5,8-9,11H,1-3,6-7,10H2. The van der Waals surface area contributed by atoms with Crippen molar-refractivity contribution in [3.8, 4) is 5.75 Å². The summed E-state index contributed by atoms with van der Waals surface area (Å²) >= 11 is 0. The van der Waals surface area contributed by atoms with E-state index in [0.717, 1.165) is 31.4 Å². The van der Waals surface area contributed by atoms with E-state index in [1.807, 2.05) is 0 Å². The number of alkyl halides is 3. The van der Waals surface area contributed by atoms with Crippen LogP contribution in [0.15, 0.2) is 24.3 Å². The summed E-state index contributed by atoms with van der Waals surface area (Å²) < 4.78 is 74.1. The molecular weight excluding hydrogens is 323 g/mol. The highest BCUT2D eigenvalue weighted by molar-refractivity contribution is 7.54. The van der Waals surface area contributed by atoms with Crippen LogP contribution in [-0.2, 0) is 9.09 Å². The van der Waals surface area contributed by atoms with Crippen molar-refractivity contribution >= 4 is 7.60 Å². The molecule has 0 saturated heterocycles.